The summed E-state index contributed by atoms with van der Waals surface area (Å²) in [5.74, 6) is -0.137. The Morgan fingerprint density at radius 3 is 2.65 bits per heavy atom. The Bertz CT molecular complexity index is 775. The standard InChI is InChI=1S/C16H13ClN2O/c1-10-2-5-12(6-3-10)19-16(20)14-9-18-15-8-11(17)4-7-13(14)15/h2-9,18H,1H3,(H,19,20). The van der Waals surface area contributed by atoms with Gasteiger partial charge in [-0.3, -0.25) is 4.79 Å². The molecule has 20 heavy (non-hydrogen) atoms. The summed E-state index contributed by atoms with van der Waals surface area (Å²) < 4.78 is 0. The van der Waals surface area contributed by atoms with Crippen molar-refractivity contribution in [3.63, 3.8) is 0 Å². The van der Waals surface area contributed by atoms with Crippen LogP contribution in [0.3, 0.4) is 0 Å². The van der Waals surface area contributed by atoms with Crippen molar-refractivity contribution in [3.05, 3.63) is 64.8 Å². The highest BCUT2D eigenvalue weighted by molar-refractivity contribution is 6.31. The molecule has 0 radical (unpaired) electrons. The lowest BCUT2D eigenvalue weighted by Crippen LogP contribution is -2.11. The largest absolute Gasteiger partial charge is 0.360 e. The minimum absolute atomic E-state index is 0.137. The molecule has 1 amide bonds. The Morgan fingerprint density at radius 1 is 1.15 bits per heavy atom. The van der Waals surface area contributed by atoms with Crippen LogP contribution in [0.1, 0.15) is 15.9 Å². The number of halogens is 1. The van der Waals surface area contributed by atoms with E-state index in [1.165, 1.54) is 0 Å². The average Bonchev–Trinajstić information content (AvgIpc) is 2.84. The third-order valence-corrected chi connectivity index (χ3v) is 3.43. The summed E-state index contributed by atoms with van der Waals surface area (Å²) in [7, 11) is 0. The van der Waals surface area contributed by atoms with Crippen molar-refractivity contribution < 1.29 is 4.79 Å². The van der Waals surface area contributed by atoms with Crippen LogP contribution in [0.5, 0.6) is 0 Å². The normalized spacial score (nSPS) is 10.7. The summed E-state index contributed by atoms with van der Waals surface area (Å²) in [5, 5.41) is 4.39. The number of H-pyrrole nitrogens is 1. The minimum atomic E-state index is -0.137. The second-order valence-electron chi connectivity index (χ2n) is 4.71. The third-order valence-electron chi connectivity index (χ3n) is 3.20. The van der Waals surface area contributed by atoms with E-state index in [0.717, 1.165) is 22.2 Å². The quantitative estimate of drug-likeness (QED) is 0.720. The number of amides is 1. The van der Waals surface area contributed by atoms with E-state index < -0.39 is 0 Å². The van der Waals surface area contributed by atoms with Crippen LogP contribution in [0.2, 0.25) is 5.02 Å². The van der Waals surface area contributed by atoms with E-state index in [2.05, 4.69) is 10.3 Å². The number of hydrogen-bond donors (Lipinski definition) is 2. The molecule has 0 aliphatic heterocycles. The number of aromatic amines is 1. The van der Waals surface area contributed by atoms with Crippen molar-refractivity contribution in [1.82, 2.24) is 4.98 Å². The van der Waals surface area contributed by atoms with Gasteiger partial charge < -0.3 is 10.3 Å². The first-order valence-corrected chi connectivity index (χ1v) is 6.66. The third kappa shape index (κ3) is 2.40. The molecular formula is C16H13ClN2O. The molecule has 4 heteroatoms. The smallest absolute Gasteiger partial charge is 0.257 e. The van der Waals surface area contributed by atoms with Gasteiger partial charge in [0.05, 0.1) is 5.56 Å². The maximum absolute atomic E-state index is 12.3. The number of rotatable bonds is 2. The van der Waals surface area contributed by atoms with Crippen LogP contribution >= 0.6 is 11.6 Å². The molecule has 0 aliphatic carbocycles. The fraction of sp³-hybridized carbons (Fsp3) is 0.0625. The van der Waals surface area contributed by atoms with Crippen molar-refractivity contribution in [2.45, 2.75) is 6.92 Å². The highest BCUT2D eigenvalue weighted by Gasteiger charge is 2.12. The van der Waals surface area contributed by atoms with E-state index >= 15 is 0 Å². The highest BCUT2D eigenvalue weighted by atomic mass is 35.5. The van der Waals surface area contributed by atoms with Crippen LogP contribution in [0.15, 0.2) is 48.7 Å². The Morgan fingerprint density at radius 2 is 1.90 bits per heavy atom. The molecule has 2 aromatic carbocycles. The predicted molar refractivity (Wildman–Crippen MR) is 82.4 cm³/mol. The molecule has 0 saturated carbocycles. The maximum Gasteiger partial charge on any atom is 0.257 e. The maximum atomic E-state index is 12.3. The summed E-state index contributed by atoms with van der Waals surface area (Å²) in [5.41, 5.74) is 3.40. The van der Waals surface area contributed by atoms with Crippen LogP contribution in [-0.2, 0) is 0 Å². The fourth-order valence-electron chi connectivity index (χ4n) is 2.12. The van der Waals surface area contributed by atoms with Crippen molar-refractivity contribution in [3.8, 4) is 0 Å². The lowest BCUT2D eigenvalue weighted by atomic mass is 10.1. The fourth-order valence-corrected chi connectivity index (χ4v) is 2.29. The molecule has 0 unspecified atom stereocenters. The molecule has 1 aromatic heterocycles. The van der Waals surface area contributed by atoms with Crippen molar-refractivity contribution >= 4 is 34.1 Å². The number of anilines is 1. The van der Waals surface area contributed by atoms with Gasteiger partial charge in [0, 0.05) is 27.8 Å². The SMILES string of the molecule is Cc1ccc(NC(=O)c2c[nH]c3cc(Cl)ccc23)cc1. The van der Waals surface area contributed by atoms with Crippen LogP contribution in [0, 0.1) is 6.92 Å². The number of benzene rings is 2. The number of carbonyl (C=O) groups is 1. The first-order chi connectivity index (χ1) is 9.63. The molecular weight excluding hydrogens is 272 g/mol. The summed E-state index contributed by atoms with van der Waals surface area (Å²) in [4.78, 5) is 15.4. The second-order valence-corrected chi connectivity index (χ2v) is 5.15. The predicted octanol–water partition coefficient (Wildman–Crippen LogP) is 4.38. The molecule has 0 saturated heterocycles. The van der Waals surface area contributed by atoms with E-state index in [1.54, 1.807) is 18.3 Å². The number of fused-ring (bicyclic) bond motifs is 1. The molecule has 100 valence electrons. The molecule has 3 rings (SSSR count). The van der Waals surface area contributed by atoms with Crippen LogP contribution in [0.4, 0.5) is 5.69 Å². The molecule has 3 aromatic rings. The first-order valence-electron chi connectivity index (χ1n) is 6.28. The van der Waals surface area contributed by atoms with Crippen LogP contribution in [-0.4, -0.2) is 10.9 Å². The van der Waals surface area contributed by atoms with E-state index in [4.69, 9.17) is 11.6 Å². The molecule has 0 bridgehead atoms. The first kappa shape index (κ1) is 12.8. The molecule has 0 aliphatic rings. The van der Waals surface area contributed by atoms with Gasteiger partial charge in [0.15, 0.2) is 0 Å². The number of aryl methyl sites for hydroxylation is 1. The van der Waals surface area contributed by atoms with Gasteiger partial charge in [-0.2, -0.15) is 0 Å². The average molecular weight is 285 g/mol. The highest BCUT2D eigenvalue weighted by Crippen LogP contribution is 2.23. The van der Waals surface area contributed by atoms with Gasteiger partial charge in [-0.1, -0.05) is 35.4 Å². The zero-order chi connectivity index (χ0) is 14.1. The van der Waals surface area contributed by atoms with E-state index in [9.17, 15) is 4.79 Å². The molecule has 0 spiro atoms. The Hall–Kier alpha value is -2.26. The Balaban J connectivity index is 1.91. The lowest BCUT2D eigenvalue weighted by Gasteiger charge is -2.04. The molecule has 0 fully saturated rings. The number of hydrogen-bond acceptors (Lipinski definition) is 1. The van der Waals surface area contributed by atoms with E-state index in [-0.39, 0.29) is 5.91 Å². The van der Waals surface area contributed by atoms with Crippen molar-refractivity contribution in [2.75, 3.05) is 5.32 Å². The van der Waals surface area contributed by atoms with Gasteiger partial charge in [0.1, 0.15) is 0 Å². The zero-order valence-electron chi connectivity index (χ0n) is 10.9. The van der Waals surface area contributed by atoms with Gasteiger partial charge in [-0.15, -0.1) is 0 Å². The number of carbonyl (C=O) groups excluding carboxylic acids is 1. The van der Waals surface area contributed by atoms with Gasteiger partial charge >= 0.3 is 0 Å². The zero-order valence-corrected chi connectivity index (χ0v) is 11.7. The summed E-state index contributed by atoms with van der Waals surface area (Å²) in [6.07, 6.45) is 1.70. The monoisotopic (exact) mass is 284 g/mol. The van der Waals surface area contributed by atoms with Crippen molar-refractivity contribution in [2.24, 2.45) is 0 Å². The Kier molecular flexibility index (Phi) is 3.20. The van der Waals surface area contributed by atoms with Gasteiger partial charge in [0.25, 0.3) is 5.91 Å². The van der Waals surface area contributed by atoms with Crippen molar-refractivity contribution in [1.29, 1.82) is 0 Å². The minimum Gasteiger partial charge on any atom is -0.360 e. The molecule has 3 nitrogen and oxygen atoms in total. The summed E-state index contributed by atoms with van der Waals surface area (Å²) >= 11 is 5.93. The number of nitrogens with one attached hydrogen (secondary N) is 2. The summed E-state index contributed by atoms with van der Waals surface area (Å²) in [6, 6.07) is 13.1. The van der Waals surface area contributed by atoms with E-state index in [0.29, 0.717) is 10.6 Å². The molecule has 2 N–H and O–H groups in total. The number of aromatic nitrogens is 1. The lowest BCUT2D eigenvalue weighted by molar-refractivity contribution is 0.102. The second kappa shape index (κ2) is 5.02. The van der Waals surface area contributed by atoms with Gasteiger partial charge in [-0.05, 0) is 31.2 Å². The van der Waals surface area contributed by atoms with E-state index in [1.807, 2.05) is 37.3 Å². The topological polar surface area (TPSA) is 44.9 Å². The molecule has 1 heterocycles. The summed E-state index contributed by atoms with van der Waals surface area (Å²) in [6.45, 7) is 2.01. The van der Waals surface area contributed by atoms with Crippen LogP contribution in [0.25, 0.3) is 10.9 Å². The molecule has 0 atom stereocenters. The Labute approximate surface area is 121 Å². The van der Waals surface area contributed by atoms with Crippen LogP contribution < -0.4 is 5.32 Å². The van der Waals surface area contributed by atoms with Gasteiger partial charge in [0.2, 0.25) is 0 Å². The van der Waals surface area contributed by atoms with Gasteiger partial charge in [-0.25, -0.2) is 0 Å².